The third kappa shape index (κ3) is 5.33. The Morgan fingerprint density at radius 1 is 1.47 bits per heavy atom. The topological polar surface area (TPSA) is 110 Å². The van der Waals surface area contributed by atoms with Gasteiger partial charge in [0.15, 0.2) is 5.75 Å². The minimum atomic E-state index is -3.95. The van der Waals surface area contributed by atoms with Crippen LogP contribution in [0, 0.1) is 0 Å². The van der Waals surface area contributed by atoms with E-state index in [0.29, 0.717) is 0 Å². The predicted molar refractivity (Wildman–Crippen MR) is 50.7 cm³/mol. The number of methoxy groups -OCH3 is 1. The Morgan fingerprint density at radius 2 is 2.00 bits per heavy atom. The first kappa shape index (κ1) is 13.8. The quantitative estimate of drug-likeness (QED) is 0.572. The van der Waals surface area contributed by atoms with Gasteiger partial charge in [0.1, 0.15) is 6.04 Å². The molecular formula is C7H13NO6S. The van der Waals surface area contributed by atoms with Crippen molar-refractivity contribution in [3.8, 4) is 0 Å². The first-order chi connectivity index (χ1) is 6.82. The number of carboxylic acid groups (broad SMARTS) is 1. The van der Waals surface area contributed by atoms with Gasteiger partial charge in [-0.3, -0.25) is 9.59 Å². The van der Waals surface area contributed by atoms with E-state index in [1.807, 2.05) is 4.72 Å². The lowest BCUT2D eigenvalue weighted by Crippen LogP contribution is -2.42. The fraction of sp³-hybridized carbons (Fsp3) is 0.714. The van der Waals surface area contributed by atoms with Crippen LogP contribution in [0.1, 0.15) is 13.3 Å². The minimum absolute atomic E-state index is 0.0930. The van der Waals surface area contributed by atoms with E-state index >= 15 is 0 Å². The number of ether oxygens (including phenoxy) is 1. The number of hydrogen-bond acceptors (Lipinski definition) is 5. The monoisotopic (exact) mass is 239 g/mol. The molecule has 0 aromatic heterocycles. The third-order valence-electron chi connectivity index (χ3n) is 1.56. The van der Waals surface area contributed by atoms with Gasteiger partial charge in [-0.1, -0.05) is 6.92 Å². The van der Waals surface area contributed by atoms with Crippen LogP contribution in [0.15, 0.2) is 0 Å². The highest BCUT2D eigenvalue weighted by molar-refractivity contribution is 7.90. The molecule has 2 N–H and O–H groups in total. The van der Waals surface area contributed by atoms with E-state index in [9.17, 15) is 18.0 Å². The summed E-state index contributed by atoms with van der Waals surface area (Å²) in [6.07, 6.45) is 0.0930. The normalized spacial score (nSPS) is 13.2. The number of rotatable bonds is 6. The maximum atomic E-state index is 11.2. The molecule has 1 atom stereocenters. The second kappa shape index (κ2) is 5.66. The molecule has 0 aromatic carbocycles. The highest BCUT2D eigenvalue weighted by atomic mass is 32.2. The number of carboxylic acids is 1. The SMILES string of the molecule is CCC(NS(=O)(=O)CC(=O)OC)C(=O)O. The predicted octanol–water partition coefficient (Wildman–Crippen LogP) is -1.06. The van der Waals surface area contributed by atoms with Crippen LogP contribution in [0.3, 0.4) is 0 Å². The summed E-state index contributed by atoms with van der Waals surface area (Å²) in [4.78, 5) is 21.2. The molecule has 0 bridgehead atoms. The van der Waals surface area contributed by atoms with Crippen LogP contribution in [0.4, 0.5) is 0 Å². The van der Waals surface area contributed by atoms with Crippen molar-refractivity contribution < 1.29 is 27.9 Å². The van der Waals surface area contributed by atoms with Gasteiger partial charge in [0.25, 0.3) is 0 Å². The zero-order valence-electron chi connectivity index (χ0n) is 8.39. The number of sulfonamides is 1. The second-order valence-electron chi connectivity index (χ2n) is 2.75. The van der Waals surface area contributed by atoms with Crippen molar-refractivity contribution in [1.29, 1.82) is 0 Å². The van der Waals surface area contributed by atoms with E-state index in [1.54, 1.807) is 0 Å². The Labute approximate surface area is 87.5 Å². The molecule has 1 unspecified atom stereocenters. The zero-order chi connectivity index (χ0) is 12.1. The maximum absolute atomic E-state index is 11.2. The molecule has 7 nitrogen and oxygen atoms in total. The van der Waals surface area contributed by atoms with Crippen LogP contribution in [-0.4, -0.2) is 44.4 Å². The number of esters is 1. The molecule has 0 saturated heterocycles. The third-order valence-corrected chi connectivity index (χ3v) is 2.82. The van der Waals surface area contributed by atoms with E-state index in [-0.39, 0.29) is 6.42 Å². The highest BCUT2D eigenvalue weighted by Gasteiger charge is 2.24. The van der Waals surface area contributed by atoms with Gasteiger partial charge in [-0.25, -0.2) is 13.1 Å². The molecule has 8 heteroatoms. The molecule has 0 aromatic rings. The number of hydrogen-bond donors (Lipinski definition) is 2. The van der Waals surface area contributed by atoms with E-state index in [4.69, 9.17) is 5.11 Å². The number of nitrogens with one attached hydrogen (secondary N) is 1. The number of carbonyl (C=O) groups excluding carboxylic acids is 1. The standard InChI is InChI=1S/C7H13NO6S/c1-3-5(7(10)11)8-15(12,13)4-6(9)14-2/h5,8H,3-4H2,1-2H3,(H,10,11). The van der Waals surface area contributed by atoms with Crippen molar-refractivity contribution in [2.45, 2.75) is 19.4 Å². The summed E-state index contributed by atoms with van der Waals surface area (Å²) in [5.74, 6) is -3.11. The smallest absolute Gasteiger partial charge is 0.322 e. The van der Waals surface area contributed by atoms with Crippen molar-refractivity contribution in [3.63, 3.8) is 0 Å². The average molecular weight is 239 g/mol. The summed E-state index contributed by atoms with van der Waals surface area (Å²) in [7, 11) is -2.91. The molecule has 0 fully saturated rings. The number of aliphatic carboxylic acids is 1. The van der Waals surface area contributed by atoms with Gasteiger partial charge in [0.05, 0.1) is 7.11 Å². The lowest BCUT2D eigenvalue weighted by atomic mass is 10.2. The van der Waals surface area contributed by atoms with E-state index < -0.39 is 33.8 Å². The summed E-state index contributed by atoms with van der Waals surface area (Å²) < 4.78 is 28.4. The van der Waals surface area contributed by atoms with Crippen LogP contribution in [0.2, 0.25) is 0 Å². The van der Waals surface area contributed by atoms with Gasteiger partial charge in [-0.05, 0) is 6.42 Å². The summed E-state index contributed by atoms with van der Waals surface area (Å²) in [6.45, 7) is 1.51. The van der Waals surface area contributed by atoms with Crippen LogP contribution >= 0.6 is 0 Å². The molecule has 0 aliphatic heterocycles. The van der Waals surface area contributed by atoms with Crippen LogP contribution in [0.5, 0.6) is 0 Å². The Morgan fingerprint density at radius 3 is 2.33 bits per heavy atom. The van der Waals surface area contributed by atoms with Crippen molar-refractivity contribution in [1.82, 2.24) is 4.72 Å². The molecule has 0 saturated carbocycles. The van der Waals surface area contributed by atoms with Crippen LogP contribution in [0.25, 0.3) is 0 Å². The first-order valence-electron chi connectivity index (χ1n) is 4.12. The molecule has 88 valence electrons. The fourth-order valence-electron chi connectivity index (χ4n) is 0.781. The van der Waals surface area contributed by atoms with Crippen LogP contribution in [-0.2, 0) is 24.3 Å². The van der Waals surface area contributed by atoms with Crippen molar-refractivity contribution in [3.05, 3.63) is 0 Å². The molecular weight excluding hydrogens is 226 g/mol. The summed E-state index contributed by atoms with van der Waals surface area (Å²) in [5.41, 5.74) is 0. The lowest BCUT2D eigenvalue weighted by Gasteiger charge is -2.11. The maximum Gasteiger partial charge on any atom is 0.322 e. The summed E-state index contributed by atoms with van der Waals surface area (Å²) in [5, 5.41) is 8.58. The van der Waals surface area contributed by atoms with Gasteiger partial charge < -0.3 is 9.84 Å². The molecule has 0 aliphatic carbocycles. The van der Waals surface area contributed by atoms with Gasteiger partial charge >= 0.3 is 11.9 Å². The fourth-order valence-corrected chi connectivity index (χ4v) is 1.99. The molecule has 0 aliphatic rings. The average Bonchev–Trinajstić information content (AvgIpc) is 2.13. The van der Waals surface area contributed by atoms with Gasteiger partial charge in [0.2, 0.25) is 10.0 Å². The first-order valence-corrected chi connectivity index (χ1v) is 5.77. The largest absolute Gasteiger partial charge is 0.480 e. The Hall–Kier alpha value is -1.15. The van der Waals surface area contributed by atoms with Gasteiger partial charge in [0, 0.05) is 0 Å². The summed E-state index contributed by atoms with van der Waals surface area (Å²) >= 11 is 0. The molecule has 15 heavy (non-hydrogen) atoms. The Balaban J connectivity index is 4.49. The highest BCUT2D eigenvalue weighted by Crippen LogP contribution is 1.96. The molecule has 0 rings (SSSR count). The lowest BCUT2D eigenvalue weighted by molar-refractivity contribution is -0.139. The molecule has 0 spiro atoms. The van der Waals surface area contributed by atoms with Crippen molar-refractivity contribution in [2.75, 3.05) is 12.9 Å². The zero-order valence-corrected chi connectivity index (χ0v) is 9.20. The van der Waals surface area contributed by atoms with E-state index in [1.165, 1.54) is 6.92 Å². The van der Waals surface area contributed by atoms with Gasteiger partial charge in [-0.2, -0.15) is 0 Å². The van der Waals surface area contributed by atoms with E-state index in [2.05, 4.69) is 4.74 Å². The van der Waals surface area contributed by atoms with E-state index in [0.717, 1.165) is 7.11 Å². The Bertz CT molecular complexity index is 335. The number of carbonyl (C=O) groups is 2. The molecule has 0 radical (unpaired) electrons. The minimum Gasteiger partial charge on any atom is -0.480 e. The second-order valence-corrected chi connectivity index (χ2v) is 4.51. The van der Waals surface area contributed by atoms with Gasteiger partial charge in [-0.15, -0.1) is 0 Å². The molecule has 0 amide bonds. The summed E-state index contributed by atoms with van der Waals surface area (Å²) in [6, 6.07) is -1.22. The van der Waals surface area contributed by atoms with Crippen molar-refractivity contribution in [2.24, 2.45) is 0 Å². The van der Waals surface area contributed by atoms with Crippen molar-refractivity contribution >= 4 is 22.0 Å². The Kier molecular flexibility index (Phi) is 5.23. The van der Waals surface area contributed by atoms with Crippen LogP contribution < -0.4 is 4.72 Å². The molecule has 0 heterocycles.